The Balaban J connectivity index is 1.87. The standard InChI is InChI=1S/C19H16BrFN4O3/c20-16-5-1-3-14(7-16)15-4-2-6-17(8-15)24-12-23-25(19(24)28)11-13(9-21)10-22-18(26)27/h1-9,12,22H,10-11H2,(H,26,27)/b13-9+. The van der Waals surface area contributed by atoms with E-state index in [4.69, 9.17) is 5.11 Å². The molecule has 1 aromatic heterocycles. The minimum atomic E-state index is -1.28. The lowest BCUT2D eigenvalue weighted by Gasteiger charge is -2.07. The van der Waals surface area contributed by atoms with Crippen molar-refractivity contribution >= 4 is 22.0 Å². The molecule has 9 heteroatoms. The fourth-order valence-corrected chi connectivity index (χ4v) is 3.04. The van der Waals surface area contributed by atoms with Crippen molar-refractivity contribution in [3.8, 4) is 16.8 Å². The molecule has 1 heterocycles. The number of carboxylic acid groups (broad SMARTS) is 1. The van der Waals surface area contributed by atoms with Gasteiger partial charge in [0.05, 0.1) is 18.6 Å². The molecule has 0 radical (unpaired) electrons. The fraction of sp³-hybridized carbons (Fsp3) is 0.105. The predicted octanol–water partition coefficient (Wildman–Crippen LogP) is 3.58. The van der Waals surface area contributed by atoms with E-state index in [1.54, 1.807) is 6.07 Å². The number of hydrogen-bond acceptors (Lipinski definition) is 3. The molecule has 0 saturated carbocycles. The lowest BCUT2D eigenvalue weighted by Crippen LogP contribution is -2.29. The molecule has 3 rings (SSSR count). The molecular weight excluding hydrogens is 431 g/mol. The molecule has 0 unspecified atom stereocenters. The third-order valence-corrected chi connectivity index (χ3v) is 4.48. The zero-order valence-electron chi connectivity index (χ0n) is 14.5. The van der Waals surface area contributed by atoms with Gasteiger partial charge in [0, 0.05) is 11.0 Å². The summed E-state index contributed by atoms with van der Waals surface area (Å²) < 4.78 is 16.3. The minimum Gasteiger partial charge on any atom is -0.465 e. The Hall–Kier alpha value is -3.20. The van der Waals surface area contributed by atoms with Crippen LogP contribution >= 0.6 is 15.9 Å². The summed E-state index contributed by atoms with van der Waals surface area (Å²) in [5, 5.41) is 14.7. The minimum absolute atomic E-state index is 0.0811. The van der Waals surface area contributed by atoms with Crippen LogP contribution in [0.3, 0.4) is 0 Å². The number of nitrogens with one attached hydrogen (secondary N) is 1. The summed E-state index contributed by atoms with van der Waals surface area (Å²) in [7, 11) is 0. The largest absolute Gasteiger partial charge is 0.465 e. The van der Waals surface area contributed by atoms with Gasteiger partial charge in [-0.05, 0) is 41.0 Å². The van der Waals surface area contributed by atoms with Gasteiger partial charge < -0.3 is 10.4 Å². The molecule has 28 heavy (non-hydrogen) atoms. The van der Waals surface area contributed by atoms with Crippen molar-refractivity contribution in [1.82, 2.24) is 19.7 Å². The van der Waals surface area contributed by atoms with Crippen molar-refractivity contribution in [3.63, 3.8) is 0 Å². The van der Waals surface area contributed by atoms with E-state index in [2.05, 4.69) is 26.3 Å². The normalized spacial score (nSPS) is 11.4. The van der Waals surface area contributed by atoms with Crippen LogP contribution in [-0.2, 0) is 6.54 Å². The van der Waals surface area contributed by atoms with Gasteiger partial charge in [-0.15, -0.1) is 0 Å². The van der Waals surface area contributed by atoms with E-state index < -0.39 is 11.8 Å². The maximum atomic E-state index is 13.0. The molecule has 0 atom stereocenters. The van der Waals surface area contributed by atoms with E-state index in [9.17, 15) is 14.0 Å². The van der Waals surface area contributed by atoms with Crippen LogP contribution in [0, 0.1) is 0 Å². The maximum Gasteiger partial charge on any atom is 0.404 e. The van der Waals surface area contributed by atoms with Crippen molar-refractivity contribution < 1.29 is 14.3 Å². The molecule has 3 aromatic rings. The molecule has 0 aliphatic rings. The van der Waals surface area contributed by atoms with E-state index in [1.165, 1.54) is 10.9 Å². The van der Waals surface area contributed by atoms with E-state index in [0.29, 0.717) is 5.69 Å². The van der Waals surface area contributed by atoms with Gasteiger partial charge in [-0.25, -0.2) is 23.2 Å². The summed E-state index contributed by atoms with van der Waals surface area (Å²) >= 11 is 3.44. The summed E-state index contributed by atoms with van der Waals surface area (Å²) in [6.07, 6.45) is 0.347. The van der Waals surface area contributed by atoms with Gasteiger partial charge in [0.1, 0.15) is 6.33 Å². The Bertz CT molecular complexity index is 1090. The highest BCUT2D eigenvalue weighted by molar-refractivity contribution is 9.10. The summed E-state index contributed by atoms with van der Waals surface area (Å²) in [6.45, 7) is -0.391. The number of carbonyl (C=O) groups is 1. The zero-order valence-corrected chi connectivity index (χ0v) is 16.1. The first kappa shape index (κ1) is 19.6. The van der Waals surface area contributed by atoms with Crippen LogP contribution < -0.4 is 11.0 Å². The lowest BCUT2D eigenvalue weighted by atomic mass is 10.1. The Morgan fingerprint density at radius 1 is 1.21 bits per heavy atom. The Morgan fingerprint density at radius 3 is 2.61 bits per heavy atom. The summed E-state index contributed by atoms with van der Waals surface area (Å²) in [5.41, 5.74) is 2.15. The second-order valence-corrected chi connectivity index (χ2v) is 6.84. The van der Waals surface area contributed by atoms with Gasteiger partial charge >= 0.3 is 11.8 Å². The number of amides is 1. The first-order valence-corrected chi connectivity index (χ1v) is 9.03. The van der Waals surface area contributed by atoms with E-state index in [0.717, 1.165) is 20.3 Å². The van der Waals surface area contributed by atoms with Crippen molar-refractivity contribution in [2.75, 3.05) is 6.54 Å². The quantitative estimate of drug-likeness (QED) is 0.605. The number of hydrogen-bond donors (Lipinski definition) is 2. The van der Waals surface area contributed by atoms with E-state index in [-0.39, 0.29) is 25.0 Å². The molecule has 2 aromatic carbocycles. The number of nitrogens with zero attached hydrogens (tertiary/aromatic N) is 3. The number of aromatic nitrogens is 3. The number of benzene rings is 2. The summed E-state index contributed by atoms with van der Waals surface area (Å²) in [5.74, 6) is 0. The Labute approximate surface area is 167 Å². The zero-order chi connectivity index (χ0) is 20.1. The molecule has 1 amide bonds. The van der Waals surface area contributed by atoms with Gasteiger partial charge in [-0.3, -0.25) is 0 Å². The Morgan fingerprint density at radius 2 is 1.93 bits per heavy atom. The number of rotatable bonds is 6. The summed E-state index contributed by atoms with van der Waals surface area (Å²) in [4.78, 5) is 23.2. The van der Waals surface area contributed by atoms with Crippen molar-refractivity contribution in [2.24, 2.45) is 0 Å². The van der Waals surface area contributed by atoms with Gasteiger partial charge in [0.2, 0.25) is 0 Å². The van der Waals surface area contributed by atoms with Crippen molar-refractivity contribution in [2.45, 2.75) is 6.54 Å². The van der Waals surface area contributed by atoms with Crippen LogP contribution in [0.15, 0.2) is 76.0 Å². The van der Waals surface area contributed by atoms with Gasteiger partial charge in [0.25, 0.3) is 0 Å². The molecule has 0 bridgehead atoms. The van der Waals surface area contributed by atoms with Crippen LogP contribution in [0.25, 0.3) is 16.8 Å². The van der Waals surface area contributed by atoms with E-state index >= 15 is 0 Å². The van der Waals surface area contributed by atoms with Gasteiger partial charge in [-0.1, -0.05) is 40.2 Å². The van der Waals surface area contributed by atoms with Crippen LogP contribution in [0.4, 0.5) is 9.18 Å². The molecular formula is C19H16BrFN4O3. The molecule has 2 N–H and O–H groups in total. The van der Waals surface area contributed by atoms with Crippen molar-refractivity contribution in [1.29, 1.82) is 0 Å². The van der Waals surface area contributed by atoms with Gasteiger partial charge in [0.15, 0.2) is 0 Å². The first-order chi connectivity index (χ1) is 13.5. The highest BCUT2D eigenvalue weighted by atomic mass is 79.9. The van der Waals surface area contributed by atoms with E-state index in [1.807, 2.05) is 42.5 Å². The fourth-order valence-electron chi connectivity index (χ4n) is 2.64. The van der Waals surface area contributed by atoms with Gasteiger partial charge in [-0.2, -0.15) is 5.10 Å². The highest BCUT2D eigenvalue weighted by Gasteiger charge is 2.11. The highest BCUT2D eigenvalue weighted by Crippen LogP contribution is 2.24. The molecule has 0 aliphatic heterocycles. The second kappa shape index (κ2) is 8.66. The molecule has 0 saturated heterocycles. The second-order valence-electron chi connectivity index (χ2n) is 5.93. The third-order valence-electron chi connectivity index (χ3n) is 3.99. The van der Waals surface area contributed by atoms with Crippen LogP contribution in [0.5, 0.6) is 0 Å². The monoisotopic (exact) mass is 446 g/mol. The smallest absolute Gasteiger partial charge is 0.404 e. The maximum absolute atomic E-state index is 13.0. The Kier molecular flexibility index (Phi) is 6.05. The third kappa shape index (κ3) is 4.55. The van der Waals surface area contributed by atoms with Crippen molar-refractivity contribution in [3.05, 3.63) is 81.7 Å². The van der Waals surface area contributed by atoms with Crippen LogP contribution in [0.1, 0.15) is 0 Å². The molecule has 0 aliphatic carbocycles. The summed E-state index contributed by atoms with van der Waals surface area (Å²) in [6, 6.07) is 15.2. The SMILES string of the molecule is O=C(O)NC/C(=C\F)Cn1ncn(-c2cccc(-c3cccc(Br)c3)c2)c1=O. The molecule has 0 spiro atoms. The molecule has 144 valence electrons. The number of halogens is 2. The van der Waals surface area contributed by atoms with Crippen LogP contribution in [-0.4, -0.2) is 32.1 Å². The topological polar surface area (TPSA) is 89.2 Å². The predicted molar refractivity (Wildman–Crippen MR) is 106 cm³/mol. The molecule has 0 fully saturated rings. The molecule has 7 nitrogen and oxygen atoms in total. The first-order valence-electron chi connectivity index (χ1n) is 8.23. The lowest BCUT2D eigenvalue weighted by molar-refractivity contribution is 0.195. The average Bonchev–Trinajstić information content (AvgIpc) is 3.05. The van der Waals surface area contributed by atoms with Crippen LogP contribution in [0.2, 0.25) is 0 Å². The average molecular weight is 447 g/mol.